The molecule has 0 amide bonds. The number of hydrogen-bond donors (Lipinski definition) is 1. The second-order valence-corrected chi connectivity index (χ2v) is 5.56. The molecule has 19 heavy (non-hydrogen) atoms. The first-order chi connectivity index (χ1) is 9.40. The van der Waals surface area contributed by atoms with Crippen molar-refractivity contribution in [1.82, 2.24) is 5.32 Å². The van der Waals surface area contributed by atoms with Crippen molar-refractivity contribution in [3.05, 3.63) is 30.3 Å². The van der Waals surface area contributed by atoms with Crippen molar-refractivity contribution in [2.75, 3.05) is 24.5 Å². The Labute approximate surface area is 118 Å². The third kappa shape index (κ3) is 4.87. The average molecular weight is 260 g/mol. The molecule has 0 aliphatic heterocycles. The second-order valence-electron chi connectivity index (χ2n) is 5.56. The van der Waals surface area contributed by atoms with Crippen molar-refractivity contribution in [3.8, 4) is 0 Å². The zero-order valence-electron chi connectivity index (χ0n) is 12.3. The lowest BCUT2D eigenvalue weighted by molar-refractivity contribution is 0.462. The maximum Gasteiger partial charge on any atom is 0.0366 e. The third-order valence-corrected chi connectivity index (χ3v) is 4.17. The number of nitrogens with zero attached hydrogens (tertiary/aromatic N) is 1. The number of nitrogens with one attached hydrogen (secondary N) is 1. The number of likely N-dealkylation sites (N-methyl/N-ethyl adjacent to an activating group) is 1. The minimum atomic E-state index is 0.761. The lowest BCUT2D eigenvalue weighted by Crippen LogP contribution is -2.37. The molecule has 1 aliphatic rings. The molecule has 1 fully saturated rings. The predicted molar refractivity (Wildman–Crippen MR) is 83.8 cm³/mol. The molecule has 2 rings (SSSR count). The largest absolute Gasteiger partial charge is 0.371 e. The van der Waals surface area contributed by atoms with Gasteiger partial charge in [0.25, 0.3) is 0 Å². The minimum Gasteiger partial charge on any atom is -0.371 e. The van der Waals surface area contributed by atoms with E-state index in [9.17, 15) is 0 Å². The smallest absolute Gasteiger partial charge is 0.0366 e. The van der Waals surface area contributed by atoms with E-state index >= 15 is 0 Å². The molecule has 0 atom stereocenters. The summed E-state index contributed by atoms with van der Waals surface area (Å²) in [5.74, 6) is 0. The van der Waals surface area contributed by atoms with Crippen molar-refractivity contribution < 1.29 is 0 Å². The fourth-order valence-electron chi connectivity index (χ4n) is 3.00. The molecule has 1 saturated carbocycles. The molecule has 1 aromatic carbocycles. The van der Waals surface area contributed by atoms with Crippen LogP contribution in [0.15, 0.2) is 30.3 Å². The first-order valence-electron chi connectivity index (χ1n) is 7.93. The Morgan fingerprint density at radius 3 is 2.37 bits per heavy atom. The molecular formula is C17H28N2. The Morgan fingerprint density at radius 2 is 1.74 bits per heavy atom. The summed E-state index contributed by atoms with van der Waals surface area (Å²) in [5, 5.41) is 3.75. The minimum absolute atomic E-state index is 0.761. The number of benzene rings is 1. The van der Waals surface area contributed by atoms with Crippen LogP contribution in [0.5, 0.6) is 0 Å². The summed E-state index contributed by atoms with van der Waals surface area (Å²) in [6, 6.07) is 11.5. The van der Waals surface area contributed by atoms with Gasteiger partial charge in [-0.3, -0.25) is 0 Å². The average Bonchev–Trinajstić information content (AvgIpc) is 2.73. The van der Waals surface area contributed by atoms with E-state index in [1.54, 1.807) is 0 Å². The summed E-state index contributed by atoms with van der Waals surface area (Å²) in [6.45, 7) is 5.53. The van der Waals surface area contributed by atoms with E-state index in [4.69, 9.17) is 0 Å². The van der Waals surface area contributed by atoms with Crippen LogP contribution in [0.1, 0.15) is 45.4 Å². The number of hydrogen-bond acceptors (Lipinski definition) is 2. The Bertz CT molecular complexity index is 328. The normalized spacial score (nSPS) is 17.1. The summed E-state index contributed by atoms with van der Waals surface area (Å²) in [4.78, 5) is 2.45. The highest BCUT2D eigenvalue weighted by Crippen LogP contribution is 2.17. The highest BCUT2D eigenvalue weighted by Gasteiger charge is 2.11. The Morgan fingerprint density at radius 1 is 1.05 bits per heavy atom. The van der Waals surface area contributed by atoms with Crippen LogP contribution >= 0.6 is 0 Å². The van der Waals surface area contributed by atoms with Crippen LogP contribution < -0.4 is 10.2 Å². The van der Waals surface area contributed by atoms with Gasteiger partial charge in [0.15, 0.2) is 0 Å². The highest BCUT2D eigenvalue weighted by atomic mass is 15.1. The van der Waals surface area contributed by atoms with E-state index in [0.29, 0.717) is 0 Å². The molecule has 0 unspecified atom stereocenters. The maximum atomic E-state index is 3.75. The molecule has 0 aromatic heterocycles. The number of para-hydroxylation sites is 1. The first-order valence-corrected chi connectivity index (χ1v) is 7.93. The van der Waals surface area contributed by atoms with Gasteiger partial charge in [0, 0.05) is 31.4 Å². The molecule has 2 heteroatoms. The molecule has 0 bridgehead atoms. The van der Waals surface area contributed by atoms with Gasteiger partial charge in [-0.1, -0.05) is 43.9 Å². The van der Waals surface area contributed by atoms with Gasteiger partial charge in [-0.15, -0.1) is 0 Å². The standard InChI is InChI=1S/C17H28N2/c1-2-19(17-12-8-5-9-13-17)15-14-18-16-10-6-3-4-7-11-16/h5,8-9,12-13,16,18H,2-4,6-7,10-11,14-15H2,1H3. The fraction of sp³-hybridized carbons (Fsp3) is 0.647. The maximum absolute atomic E-state index is 3.75. The number of anilines is 1. The monoisotopic (exact) mass is 260 g/mol. The van der Waals surface area contributed by atoms with Crippen molar-refractivity contribution in [1.29, 1.82) is 0 Å². The van der Waals surface area contributed by atoms with Gasteiger partial charge in [0.05, 0.1) is 0 Å². The zero-order valence-corrected chi connectivity index (χ0v) is 12.3. The number of rotatable bonds is 6. The summed E-state index contributed by atoms with van der Waals surface area (Å²) < 4.78 is 0. The van der Waals surface area contributed by atoms with Crippen molar-refractivity contribution in [2.45, 2.75) is 51.5 Å². The Balaban J connectivity index is 1.74. The fourth-order valence-corrected chi connectivity index (χ4v) is 3.00. The summed E-state index contributed by atoms with van der Waals surface area (Å²) in [5.41, 5.74) is 1.34. The zero-order chi connectivity index (χ0) is 13.3. The molecule has 1 aliphatic carbocycles. The van der Waals surface area contributed by atoms with Crippen LogP contribution in [0.2, 0.25) is 0 Å². The predicted octanol–water partition coefficient (Wildman–Crippen LogP) is 3.83. The van der Waals surface area contributed by atoms with Gasteiger partial charge in [-0.2, -0.15) is 0 Å². The molecule has 0 saturated heterocycles. The lowest BCUT2D eigenvalue weighted by Gasteiger charge is -2.25. The Hall–Kier alpha value is -1.02. The topological polar surface area (TPSA) is 15.3 Å². The molecule has 106 valence electrons. The van der Waals surface area contributed by atoms with Crippen molar-refractivity contribution in [2.24, 2.45) is 0 Å². The van der Waals surface area contributed by atoms with E-state index in [-0.39, 0.29) is 0 Å². The molecule has 1 N–H and O–H groups in total. The first kappa shape index (κ1) is 14.4. The van der Waals surface area contributed by atoms with Crippen LogP contribution in [0.25, 0.3) is 0 Å². The Kier molecular flexibility index (Phi) is 6.22. The van der Waals surface area contributed by atoms with E-state index in [1.807, 2.05) is 0 Å². The van der Waals surface area contributed by atoms with Crippen LogP contribution in [-0.2, 0) is 0 Å². The van der Waals surface area contributed by atoms with Gasteiger partial charge in [-0.25, -0.2) is 0 Å². The second kappa shape index (κ2) is 8.21. The summed E-state index contributed by atoms with van der Waals surface area (Å²) in [6.07, 6.45) is 8.43. The molecule has 1 aromatic rings. The van der Waals surface area contributed by atoms with Crippen molar-refractivity contribution >= 4 is 5.69 Å². The molecule has 0 heterocycles. The van der Waals surface area contributed by atoms with E-state index in [0.717, 1.165) is 25.7 Å². The van der Waals surface area contributed by atoms with Crippen LogP contribution in [0.3, 0.4) is 0 Å². The van der Waals surface area contributed by atoms with E-state index in [1.165, 1.54) is 44.2 Å². The highest BCUT2D eigenvalue weighted by molar-refractivity contribution is 5.45. The van der Waals surface area contributed by atoms with Crippen LogP contribution in [0.4, 0.5) is 5.69 Å². The van der Waals surface area contributed by atoms with E-state index < -0.39 is 0 Å². The molecule has 0 spiro atoms. The molecule has 2 nitrogen and oxygen atoms in total. The van der Waals surface area contributed by atoms with Crippen molar-refractivity contribution in [3.63, 3.8) is 0 Å². The van der Waals surface area contributed by atoms with Gasteiger partial charge in [-0.05, 0) is 31.9 Å². The summed E-state index contributed by atoms with van der Waals surface area (Å²) in [7, 11) is 0. The van der Waals surface area contributed by atoms with Crippen LogP contribution in [0, 0.1) is 0 Å². The lowest BCUT2D eigenvalue weighted by atomic mass is 10.1. The van der Waals surface area contributed by atoms with Gasteiger partial charge < -0.3 is 10.2 Å². The van der Waals surface area contributed by atoms with Gasteiger partial charge >= 0.3 is 0 Å². The molecular weight excluding hydrogens is 232 g/mol. The van der Waals surface area contributed by atoms with Gasteiger partial charge in [0.1, 0.15) is 0 Å². The van der Waals surface area contributed by atoms with Crippen LogP contribution in [-0.4, -0.2) is 25.7 Å². The SMILES string of the molecule is CCN(CCNC1CCCCCC1)c1ccccc1. The third-order valence-electron chi connectivity index (χ3n) is 4.17. The summed E-state index contributed by atoms with van der Waals surface area (Å²) >= 11 is 0. The quantitative estimate of drug-likeness (QED) is 0.782. The van der Waals surface area contributed by atoms with E-state index in [2.05, 4.69) is 47.5 Å². The van der Waals surface area contributed by atoms with Gasteiger partial charge in [0.2, 0.25) is 0 Å². The molecule has 0 radical (unpaired) electrons.